The Morgan fingerprint density at radius 3 is 1.50 bits per heavy atom. The van der Waals surface area contributed by atoms with E-state index in [4.69, 9.17) is 9.47 Å². The third-order valence-corrected chi connectivity index (χ3v) is 3.30. The van der Waals surface area contributed by atoms with Crippen LogP contribution >= 0.6 is 0 Å². The van der Waals surface area contributed by atoms with Gasteiger partial charge in [-0.3, -0.25) is 25.0 Å². The Hall–Kier alpha value is -3.49. The Morgan fingerprint density at radius 2 is 1.21 bits per heavy atom. The molecule has 2 aromatic rings. The highest BCUT2D eigenvalue weighted by Crippen LogP contribution is 2.36. The number of nitro benzene ring substituents is 2. The van der Waals surface area contributed by atoms with Crippen molar-refractivity contribution in [2.24, 2.45) is 0 Å². The molecular formula is C15H12N2O7. The zero-order chi connectivity index (χ0) is 17.9. The number of nitrogens with zero attached hydrogens (tertiary/aromatic N) is 2. The minimum atomic E-state index is -0.928. The number of benzene rings is 2. The third kappa shape index (κ3) is 2.86. The van der Waals surface area contributed by atoms with Crippen LogP contribution in [0.5, 0.6) is 11.5 Å². The lowest BCUT2D eigenvalue weighted by Crippen LogP contribution is -2.11. The van der Waals surface area contributed by atoms with Gasteiger partial charge in [-0.25, -0.2) is 0 Å². The number of carbonyl (C=O) groups is 1. The Labute approximate surface area is 135 Å². The molecule has 0 saturated heterocycles. The Bertz CT molecular complexity index is 765. The van der Waals surface area contributed by atoms with E-state index in [2.05, 4.69) is 0 Å². The molecule has 0 aliphatic rings. The summed E-state index contributed by atoms with van der Waals surface area (Å²) >= 11 is 0. The van der Waals surface area contributed by atoms with Crippen molar-refractivity contribution in [1.29, 1.82) is 0 Å². The summed E-state index contributed by atoms with van der Waals surface area (Å²) in [6.07, 6.45) is 0. The molecule has 0 bridgehead atoms. The summed E-state index contributed by atoms with van der Waals surface area (Å²) < 4.78 is 10.0. The van der Waals surface area contributed by atoms with E-state index in [9.17, 15) is 25.0 Å². The van der Waals surface area contributed by atoms with Crippen LogP contribution in [0.2, 0.25) is 0 Å². The van der Waals surface area contributed by atoms with E-state index in [0.29, 0.717) is 0 Å². The normalized spacial score (nSPS) is 10.1. The summed E-state index contributed by atoms with van der Waals surface area (Å²) in [5, 5.41) is 22.5. The second-order valence-corrected chi connectivity index (χ2v) is 4.55. The molecule has 0 fully saturated rings. The molecule has 0 heterocycles. The van der Waals surface area contributed by atoms with Crippen molar-refractivity contribution in [3.05, 3.63) is 67.8 Å². The first-order valence-corrected chi connectivity index (χ1v) is 6.59. The fraction of sp³-hybridized carbons (Fsp3) is 0.133. The van der Waals surface area contributed by atoms with Crippen LogP contribution in [0.4, 0.5) is 11.4 Å². The summed E-state index contributed by atoms with van der Waals surface area (Å²) in [7, 11) is 2.49. The molecule has 0 amide bonds. The van der Waals surface area contributed by atoms with Crippen LogP contribution in [0.3, 0.4) is 0 Å². The number of nitro groups is 2. The van der Waals surface area contributed by atoms with E-state index in [1.165, 1.54) is 38.5 Å². The van der Waals surface area contributed by atoms with Gasteiger partial charge < -0.3 is 9.47 Å². The van der Waals surface area contributed by atoms with Gasteiger partial charge in [-0.15, -0.1) is 0 Å². The van der Waals surface area contributed by atoms with Crippen molar-refractivity contribution in [2.75, 3.05) is 14.2 Å². The maximum atomic E-state index is 12.9. The first kappa shape index (κ1) is 16.9. The summed E-state index contributed by atoms with van der Waals surface area (Å²) in [4.78, 5) is 33.8. The number of ether oxygens (including phenoxy) is 2. The molecule has 9 nitrogen and oxygen atoms in total. The van der Waals surface area contributed by atoms with Crippen molar-refractivity contribution in [2.45, 2.75) is 0 Å². The van der Waals surface area contributed by atoms with Crippen molar-refractivity contribution in [1.82, 2.24) is 0 Å². The highest BCUT2D eigenvalue weighted by Gasteiger charge is 2.33. The number of methoxy groups -OCH3 is 2. The average molecular weight is 332 g/mol. The van der Waals surface area contributed by atoms with E-state index < -0.39 is 27.0 Å². The van der Waals surface area contributed by atoms with Crippen molar-refractivity contribution in [3.63, 3.8) is 0 Å². The van der Waals surface area contributed by atoms with Gasteiger partial charge >= 0.3 is 0 Å². The van der Waals surface area contributed by atoms with Gasteiger partial charge in [0.25, 0.3) is 11.4 Å². The van der Waals surface area contributed by atoms with Gasteiger partial charge in [-0.2, -0.15) is 0 Å². The molecule has 0 saturated carbocycles. The van der Waals surface area contributed by atoms with E-state index in [-0.39, 0.29) is 22.6 Å². The van der Waals surface area contributed by atoms with Crippen LogP contribution in [0.15, 0.2) is 36.4 Å². The largest absolute Gasteiger partial charge is 0.496 e. The molecule has 0 aromatic heterocycles. The number of hydrogen-bond donors (Lipinski definition) is 0. The average Bonchev–Trinajstić information content (AvgIpc) is 2.59. The first-order valence-electron chi connectivity index (χ1n) is 6.59. The summed E-state index contributed by atoms with van der Waals surface area (Å²) in [6, 6.07) is 7.67. The zero-order valence-corrected chi connectivity index (χ0v) is 12.7. The molecule has 0 unspecified atom stereocenters. The molecule has 124 valence electrons. The monoisotopic (exact) mass is 332 g/mol. The minimum absolute atomic E-state index is 0.0607. The molecule has 24 heavy (non-hydrogen) atoms. The summed E-state index contributed by atoms with van der Waals surface area (Å²) in [6.45, 7) is 0. The molecule has 2 aromatic carbocycles. The SMILES string of the molecule is COc1cccc([N+](=O)[O-])c1C(=O)c1c(OC)cccc1[N+](=O)[O-]. The summed E-state index contributed by atoms with van der Waals surface area (Å²) in [5.74, 6) is -1.05. The summed E-state index contributed by atoms with van der Waals surface area (Å²) in [5.41, 5.74) is -1.78. The van der Waals surface area contributed by atoms with Crippen LogP contribution in [0, 0.1) is 20.2 Å². The Morgan fingerprint density at radius 1 is 0.833 bits per heavy atom. The van der Waals surface area contributed by atoms with Gasteiger partial charge in [0, 0.05) is 12.1 Å². The van der Waals surface area contributed by atoms with Crippen molar-refractivity contribution in [3.8, 4) is 11.5 Å². The predicted molar refractivity (Wildman–Crippen MR) is 82.7 cm³/mol. The smallest absolute Gasteiger partial charge is 0.284 e. The molecule has 0 aliphatic heterocycles. The quantitative estimate of drug-likeness (QED) is 0.453. The molecule has 0 radical (unpaired) electrons. The second-order valence-electron chi connectivity index (χ2n) is 4.55. The van der Waals surface area contributed by atoms with Crippen LogP contribution < -0.4 is 9.47 Å². The van der Waals surface area contributed by atoms with Crippen LogP contribution in [-0.2, 0) is 0 Å². The molecule has 0 aliphatic carbocycles. The topological polar surface area (TPSA) is 122 Å². The lowest BCUT2D eigenvalue weighted by Gasteiger charge is -2.11. The Kier molecular flexibility index (Phi) is 4.73. The third-order valence-electron chi connectivity index (χ3n) is 3.30. The minimum Gasteiger partial charge on any atom is -0.496 e. The van der Waals surface area contributed by atoms with Gasteiger partial charge in [0.05, 0.1) is 24.1 Å². The molecule has 0 N–H and O–H groups in total. The highest BCUT2D eigenvalue weighted by atomic mass is 16.6. The number of hydrogen-bond acceptors (Lipinski definition) is 7. The number of rotatable bonds is 6. The molecular weight excluding hydrogens is 320 g/mol. The molecule has 0 spiro atoms. The molecule has 0 atom stereocenters. The standard InChI is InChI=1S/C15H12N2O7/c1-23-11-7-3-5-9(16(19)20)13(11)15(18)14-10(17(21)22)6-4-8-12(14)24-2/h3-8H,1-2H3. The van der Waals surface area contributed by atoms with Crippen LogP contribution in [0.25, 0.3) is 0 Å². The van der Waals surface area contributed by atoms with Gasteiger partial charge in [-0.1, -0.05) is 12.1 Å². The second kappa shape index (κ2) is 6.73. The zero-order valence-electron chi connectivity index (χ0n) is 12.7. The van der Waals surface area contributed by atoms with E-state index in [1.807, 2.05) is 0 Å². The van der Waals surface area contributed by atoms with Gasteiger partial charge in [0.1, 0.15) is 22.6 Å². The van der Waals surface area contributed by atoms with E-state index >= 15 is 0 Å². The number of ketones is 1. The maximum Gasteiger partial charge on any atom is 0.284 e. The van der Waals surface area contributed by atoms with Crippen LogP contribution in [0.1, 0.15) is 15.9 Å². The predicted octanol–water partition coefficient (Wildman–Crippen LogP) is 2.75. The van der Waals surface area contributed by atoms with Crippen molar-refractivity contribution < 1.29 is 24.1 Å². The van der Waals surface area contributed by atoms with Crippen molar-refractivity contribution >= 4 is 17.2 Å². The maximum absolute atomic E-state index is 12.9. The van der Waals surface area contributed by atoms with Gasteiger partial charge in [0.2, 0.25) is 5.78 Å². The lowest BCUT2D eigenvalue weighted by molar-refractivity contribution is -0.385. The number of carbonyl (C=O) groups excluding carboxylic acids is 1. The molecule has 9 heteroatoms. The highest BCUT2D eigenvalue weighted by molar-refractivity contribution is 6.17. The first-order chi connectivity index (χ1) is 11.4. The fourth-order valence-corrected chi connectivity index (χ4v) is 2.27. The Balaban J connectivity index is 2.80. The van der Waals surface area contributed by atoms with E-state index in [0.717, 1.165) is 12.1 Å². The lowest BCUT2D eigenvalue weighted by atomic mass is 9.98. The van der Waals surface area contributed by atoms with Crippen LogP contribution in [-0.4, -0.2) is 29.8 Å². The fourth-order valence-electron chi connectivity index (χ4n) is 2.27. The molecule has 2 rings (SSSR count). The van der Waals surface area contributed by atoms with Gasteiger partial charge in [0.15, 0.2) is 0 Å². The van der Waals surface area contributed by atoms with Gasteiger partial charge in [-0.05, 0) is 12.1 Å². The van der Waals surface area contributed by atoms with E-state index in [1.54, 1.807) is 0 Å².